The van der Waals surface area contributed by atoms with Crippen LogP contribution >= 0.6 is 0 Å². The molecular weight excluding hydrogens is 282 g/mol. The molecule has 1 fully saturated rings. The molecule has 2 N–H and O–H groups in total. The van der Waals surface area contributed by atoms with Gasteiger partial charge in [0.15, 0.2) is 0 Å². The maximum Gasteiger partial charge on any atom is 0.119 e. The van der Waals surface area contributed by atoms with E-state index in [0.717, 1.165) is 25.2 Å². The highest BCUT2D eigenvalue weighted by Crippen LogP contribution is 2.26. The number of rotatable bonds is 6. The van der Waals surface area contributed by atoms with Crippen molar-refractivity contribution >= 4 is 0 Å². The third-order valence-corrected chi connectivity index (χ3v) is 5.02. The van der Waals surface area contributed by atoms with Gasteiger partial charge in [-0.1, -0.05) is 55.8 Å². The van der Waals surface area contributed by atoms with Crippen LogP contribution in [0.25, 0.3) is 0 Å². The third-order valence-electron chi connectivity index (χ3n) is 5.02. The van der Waals surface area contributed by atoms with Crippen LogP contribution in [-0.2, 0) is 6.42 Å². The van der Waals surface area contributed by atoms with Crippen LogP contribution in [0, 0.1) is 5.92 Å². The molecule has 23 heavy (non-hydrogen) atoms. The highest BCUT2D eigenvalue weighted by Gasteiger charge is 2.24. The van der Waals surface area contributed by atoms with Crippen LogP contribution in [0.5, 0.6) is 5.75 Å². The van der Waals surface area contributed by atoms with Crippen molar-refractivity contribution in [2.75, 3.05) is 6.61 Å². The molecule has 0 spiro atoms. The molecule has 3 atom stereocenters. The van der Waals surface area contributed by atoms with Gasteiger partial charge in [0, 0.05) is 12.0 Å². The van der Waals surface area contributed by atoms with Crippen LogP contribution in [0.15, 0.2) is 54.6 Å². The Morgan fingerprint density at radius 2 is 1.78 bits per heavy atom. The normalized spacial score (nSPS) is 22.0. The van der Waals surface area contributed by atoms with E-state index in [1.807, 2.05) is 0 Å². The first-order valence-electron chi connectivity index (χ1n) is 8.74. The van der Waals surface area contributed by atoms with E-state index in [4.69, 9.17) is 10.5 Å². The van der Waals surface area contributed by atoms with E-state index in [1.54, 1.807) is 0 Å². The molecule has 2 aromatic rings. The Morgan fingerprint density at radius 1 is 1.04 bits per heavy atom. The lowest BCUT2D eigenvalue weighted by Gasteiger charge is -2.17. The van der Waals surface area contributed by atoms with E-state index in [9.17, 15) is 0 Å². The monoisotopic (exact) mass is 309 g/mol. The summed E-state index contributed by atoms with van der Waals surface area (Å²) in [6.45, 7) is 3.03. The largest absolute Gasteiger partial charge is 0.493 e. The minimum atomic E-state index is 0.320. The smallest absolute Gasteiger partial charge is 0.119 e. The second-order valence-electron chi connectivity index (χ2n) is 6.83. The number of nitrogens with two attached hydrogens (primary N) is 1. The van der Waals surface area contributed by atoms with Gasteiger partial charge in [0.2, 0.25) is 0 Å². The fraction of sp³-hybridized carbons (Fsp3) is 0.429. The zero-order valence-electron chi connectivity index (χ0n) is 13.9. The molecule has 1 aliphatic carbocycles. The molecule has 2 aromatic carbocycles. The maximum atomic E-state index is 6.10. The van der Waals surface area contributed by atoms with Gasteiger partial charge >= 0.3 is 0 Å². The van der Waals surface area contributed by atoms with E-state index < -0.39 is 0 Å². The third kappa shape index (κ3) is 4.35. The summed E-state index contributed by atoms with van der Waals surface area (Å²) in [7, 11) is 0. The Hall–Kier alpha value is -1.80. The highest BCUT2D eigenvalue weighted by atomic mass is 16.5. The first-order chi connectivity index (χ1) is 11.2. The van der Waals surface area contributed by atoms with E-state index in [-0.39, 0.29) is 0 Å². The second kappa shape index (κ2) is 7.65. The van der Waals surface area contributed by atoms with Gasteiger partial charge in [-0.3, -0.25) is 0 Å². The molecule has 0 aromatic heterocycles. The molecule has 122 valence electrons. The van der Waals surface area contributed by atoms with Crippen molar-refractivity contribution in [1.82, 2.24) is 0 Å². The Bertz CT molecular complexity index is 593. The molecule has 0 saturated heterocycles. The summed E-state index contributed by atoms with van der Waals surface area (Å²) in [5, 5.41) is 0. The van der Waals surface area contributed by atoms with Crippen LogP contribution < -0.4 is 10.5 Å². The molecule has 1 aliphatic rings. The van der Waals surface area contributed by atoms with Crippen LogP contribution in [0.1, 0.15) is 43.2 Å². The fourth-order valence-corrected chi connectivity index (χ4v) is 3.45. The topological polar surface area (TPSA) is 35.2 Å². The van der Waals surface area contributed by atoms with E-state index in [1.165, 1.54) is 24.0 Å². The molecule has 2 nitrogen and oxygen atoms in total. The lowest BCUT2D eigenvalue weighted by molar-refractivity contribution is 0.239. The van der Waals surface area contributed by atoms with Crippen molar-refractivity contribution in [2.45, 2.75) is 44.6 Å². The summed E-state index contributed by atoms with van der Waals surface area (Å²) in [5.74, 6) is 1.99. The fourth-order valence-electron chi connectivity index (χ4n) is 3.45. The molecule has 1 saturated carbocycles. The molecule has 0 amide bonds. The summed E-state index contributed by atoms with van der Waals surface area (Å²) >= 11 is 0. The molecular formula is C21H27NO. The zero-order chi connectivity index (χ0) is 16.1. The quantitative estimate of drug-likeness (QED) is 0.850. The van der Waals surface area contributed by atoms with Crippen LogP contribution in [0.4, 0.5) is 0 Å². The summed E-state index contributed by atoms with van der Waals surface area (Å²) in [5.41, 5.74) is 8.85. The Balaban J connectivity index is 1.54. The van der Waals surface area contributed by atoms with E-state index >= 15 is 0 Å². The molecule has 2 heteroatoms. The Morgan fingerprint density at radius 3 is 2.43 bits per heavy atom. The number of ether oxygens (including phenoxy) is 1. The van der Waals surface area contributed by atoms with E-state index in [0.29, 0.717) is 17.9 Å². The van der Waals surface area contributed by atoms with Crippen molar-refractivity contribution in [3.63, 3.8) is 0 Å². The average Bonchev–Trinajstić information content (AvgIpc) is 2.99. The predicted molar refractivity (Wildman–Crippen MR) is 95.8 cm³/mol. The molecule has 0 radical (unpaired) electrons. The van der Waals surface area contributed by atoms with Crippen molar-refractivity contribution in [2.24, 2.45) is 11.7 Å². The van der Waals surface area contributed by atoms with Gasteiger partial charge in [-0.2, -0.15) is 0 Å². The molecule has 1 unspecified atom stereocenters. The molecule has 3 rings (SSSR count). The highest BCUT2D eigenvalue weighted by molar-refractivity contribution is 5.30. The number of hydrogen-bond donors (Lipinski definition) is 1. The first kappa shape index (κ1) is 16.1. The van der Waals surface area contributed by atoms with Crippen LogP contribution in [-0.4, -0.2) is 12.6 Å². The van der Waals surface area contributed by atoms with Gasteiger partial charge in [0.05, 0.1) is 6.61 Å². The van der Waals surface area contributed by atoms with Gasteiger partial charge < -0.3 is 10.5 Å². The number of benzene rings is 2. The van der Waals surface area contributed by atoms with Gasteiger partial charge in [-0.25, -0.2) is 0 Å². The molecule has 0 aliphatic heterocycles. The second-order valence-corrected chi connectivity index (χ2v) is 6.83. The minimum absolute atomic E-state index is 0.320. The van der Waals surface area contributed by atoms with Gasteiger partial charge in [-0.15, -0.1) is 0 Å². The van der Waals surface area contributed by atoms with Crippen LogP contribution in [0.3, 0.4) is 0 Å². The Labute approximate surface area is 139 Å². The average molecular weight is 309 g/mol. The van der Waals surface area contributed by atoms with Crippen LogP contribution in [0.2, 0.25) is 0 Å². The minimum Gasteiger partial charge on any atom is -0.493 e. The lowest BCUT2D eigenvalue weighted by atomic mass is 9.94. The first-order valence-corrected chi connectivity index (χ1v) is 8.74. The van der Waals surface area contributed by atoms with Crippen molar-refractivity contribution in [3.05, 3.63) is 65.7 Å². The molecule has 0 heterocycles. The lowest BCUT2D eigenvalue weighted by Crippen LogP contribution is -2.28. The van der Waals surface area contributed by atoms with E-state index in [2.05, 4.69) is 61.5 Å². The number of hydrogen-bond acceptors (Lipinski definition) is 2. The SMILES string of the molecule is CC(Cc1ccccc1)c1ccc(OC[C@H]2CCC[C@H]2N)cc1. The van der Waals surface area contributed by atoms with Gasteiger partial charge in [-0.05, 0) is 48.4 Å². The standard InChI is InChI=1S/C21H27NO/c1-16(14-17-6-3-2-4-7-17)18-10-12-20(13-11-18)23-15-19-8-5-9-21(19)22/h2-4,6-7,10-13,16,19,21H,5,8-9,14-15,22H2,1H3/t16?,19-,21-/m1/s1. The summed E-state index contributed by atoms with van der Waals surface area (Å²) in [4.78, 5) is 0. The zero-order valence-corrected chi connectivity index (χ0v) is 13.9. The van der Waals surface area contributed by atoms with Crippen molar-refractivity contribution < 1.29 is 4.74 Å². The summed E-state index contributed by atoms with van der Waals surface area (Å²) in [6.07, 6.45) is 4.65. The van der Waals surface area contributed by atoms with Crippen molar-refractivity contribution in [1.29, 1.82) is 0 Å². The summed E-state index contributed by atoms with van der Waals surface area (Å²) in [6, 6.07) is 19.6. The predicted octanol–water partition coefficient (Wildman–Crippen LogP) is 4.54. The molecule has 0 bridgehead atoms. The maximum absolute atomic E-state index is 6.10. The van der Waals surface area contributed by atoms with Gasteiger partial charge in [0.1, 0.15) is 5.75 Å². The van der Waals surface area contributed by atoms with Gasteiger partial charge in [0.25, 0.3) is 0 Å². The van der Waals surface area contributed by atoms with Crippen molar-refractivity contribution in [3.8, 4) is 5.75 Å². The summed E-state index contributed by atoms with van der Waals surface area (Å²) < 4.78 is 5.93. The Kier molecular flexibility index (Phi) is 5.35.